The van der Waals surface area contributed by atoms with Crippen LogP contribution in [0.1, 0.15) is 15.9 Å². The van der Waals surface area contributed by atoms with E-state index in [2.05, 4.69) is 15.7 Å². The van der Waals surface area contributed by atoms with Gasteiger partial charge in [0.15, 0.2) is 0 Å². The van der Waals surface area contributed by atoms with Crippen LogP contribution in [0.25, 0.3) is 0 Å². The van der Waals surface area contributed by atoms with Gasteiger partial charge in [0.05, 0.1) is 4.92 Å². The van der Waals surface area contributed by atoms with Crippen molar-refractivity contribution in [3.63, 3.8) is 0 Å². The summed E-state index contributed by atoms with van der Waals surface area (Å²) in [5.74, 6) is 4.95. The summed E-state index contributed by atoms with van der Waals surface area (Å²) in [7, 11) is 0. The molecular formula is C13H13N5O3. The van der Waals surface area contributed by atoms with Crippen LogP contribution < -0.4 is 16.6 Å². The number of nitrogens with zero attached hydrogens (tertiary/aromatic N) is 2. The van der Waals surface area contributed by atoms with Crippen LogP contribution in [0.2, 0.25) is 0 Å². The summed E-state index contributed by atoms with van der Waals surface area (Å²) in [6, 6.07) is 7.38. The molecule has 4 N–H and O–H groups in total. The Morgan fingerprint density at radius 1 is 1.33 bits per heavy atom. The number of amides is 1. The van der Waals surface area contributed by atoms with Crippen LogP contribution in [0.15, 0.2) is 36.5 Å². The molecule has 8 nitrogen and oxygen atoms in total. The molecule has 1 amide bonds. The minimum Gasteiger partial charge on any atom is -0.324 e. The van der Waals surface area contributed by atoms with Crippen LogP contribution in [0.5, 0.6) is 0 Å². The first-order chi connectivity index (χ1) is 10.0. The Morgan fingerprint density at radius 3 is 2.71 bits per heavy atom. The van der Waals surface area contributed by atoms with E-state index in [9.17, 15) is 14.9 Å². The van der Waals surface area contributed by atoms with Gasteiger partial charge in [0.2, 0.25) is 0 Å². The maximum atomic E-state index is 12.2. The number of aryl methyl sites for hydroxylation is 1. The number of hydrogen-bond acceptors (Lipinski definition) is 6. The molecule has 0 saturated heterocycles. The van der Waals surface area contributed by atoms with E-state index in [-0.39, 0.29) is 11.3 Å². The van der Waals surface area contributed by atoms with E-state index in [1.165, 1.54) is 24.4 Å². The summed E-state index contributed by atoms with van der Waals surface area (Å²) in [6.45, 7) is 1.85. The molecule has 2 rings (SSSR count). The zero-order valence-corrected chi connectivity index (χ0v) is 11.2. The SMILES string of the molecule is Cc1ccnc(NC(=O)c2cc(NN)ccc2[N+](=O)[O-])c1. The Kier molecular flexibility index (Phi) is 4.10. The molecule has 0 aliphatic carbocycles. The van der Waals surface area contributed by atoms with Crippen molar-refractivity contribution in [3.05, 3.63) is 57.8 Å². The molecule has 0 aliphatic rings. The number of carbonyl (C=O) groups is 1. The maximum absolute atomic E-state index is 12.2. The fraction of sp³-hybridized carbons (Fsp3) is 0.0769. The van der Waals surface area contributed by atoms with E-state index >= 15 is 0 Å². The van der Waals surface area contributed by atoms with Crippen LogP contribution in [0, 0.1) is 17.0 Å². The number of benzene rings is 1. The quantitative estimate of drug-likeness (QED) is 0.448. The van der Waals surface area contributed by atoms with Crippen LogP contribution in [0.4, 0.5) is 17.2 Å². The van der Waals surface area contributed by atoms with Crippen molar-refractivity contribution in [1.82, 2.24) is 4.98 Å². The lowest BCUT2D eigenvalue weighted by Crippen LogP contribution is -2.16. The minimum absolute atomic E-state index is 0.0984. The number of nitrogen functional groups attached to an aromatic ring is 1. The number of anilines is 2. The molecule has 0 unspecified atom stereocenters. The molecule has 0 spiro atoms. The monoisotopic (exact) mass is 287 g/mol. The summed E-state index contributed by atoms with van der Waals surface area (Å²) < 4.78 is 0. The number of rotatable bonds is 4. The Bertz CT molecular complexity index is 702. The molecule has 0 aliphatic heterocycles. The Morgan fingerprint density at radius 2 is 2.10 bits per heavy atom. The number of nitrogens with two attached hydrogens (primary N) is 1. The number of aromatic nitrogens is 1. The molecule has 0 radical (unpaired) electrons. The van der Waals surface area contributed by atoms with Crippen molar-refractivity contribution in [2.75, 3.05) is 10.7 Å². The molecule has 0 bridgehead atoms. The molecule has 0 saturated carbocycles. The Balaban J connectivity index is 2.35. The van der Waals surface area contributed by atoms with Gasteiger partial charge in [-0.1, -0.05) is 0 Å². The van der Waals surface area contributed by atoms with Gasteiger partial charge < -0.3 is 10.7 Å². The standard InChI is InChI=1S/C13H13N5O3/c1-8-4-5-15-12(6-8)16-13(19)10-7-9(17-14)2-3-11(10)18(20)21/h2-7,17H,14H2,1H3,(H,15,16,19). The first kappa shape index (κ1) is 14.4. The predicted octanol–water partition coefficient (Wildman–Crippen LogP) is 1.84. The normalized spacial score (nSPS) is 10.0. The molecule has 1 aromatic heterocycles. The number of nitro groups is 1. The maximum Gasteiger partial charge on any atom is 0.282 e. The summed E-state index contributed by atoms with van der Waals surface area (Å²) in [6.07, 6.45) is 1.54. The highest BCUT2D eigenvalue weighted by Crippen LogP contribution is 2.23. The van der Waals surface area contributed by atoms with E-state index in [0.717, 1.165) is 5.56 Å². The first-order valence-electron chi connectivity index (χ1n) is 6.00. The second kappa shape index (κ2) is 5.97. The average molecular weight is 287 g/mol. The highest BCUT2D eigenvalue weighted by Gasteiger charge is 2.21. The lowest BCUT2D eigenvalue weighted by atomic mass is 10.1. The molecular weight excluding hydrogens is 274 g/mol. The Hall–Kier alpha value is -3.00. The number of nitrogens with one attached hydrogen (secondary N) is 2. The van der Waals surface area contributed by atoms with Gasteiger partial charge in [-0.25, -0.2) is 4.98 Å². The molecule has 1 aromatic carbocycles. The molecule has 0 atom stereocenters. The largest absolute Gasteiger partial charge is 0.324 e. The highest BCUT2D eigenvalue weighted by molar-refractivity contribution is 6.07. The minimum atomic E-state index is -0.628. The van der Waals surface area contributed by atoms with Gasteiger partial charge in [-0.2, -0.15) is 0 Å². The molecule has 2 aromatic rings. The summed E-state index contributed by atoms with van der Waals surface area (Å²) >= 11 is 0. The number of nitro benzene ring substituents is 1. The van der Waals surface area contributed by atoms with Crippen LogP contribution in [-0.2, 0) is 0 Å². The molecule has 21 heavy (non-hydrogen) atoms. The van der Waals surface area contributed by atoms with Crippen molar-refractivity contribution in [3.8, 4) is 0 Å². The second-order valence-corrected chi connectivity index (χ2v) is 4.31. The van der Waals surface area contributed by atoms with E-state index < -0.39 is 10.8 Å². The summed E-state index contributed by atoms with van der Waals surface area (Å²) in [5, 5.41) is 13.5. The third kappa shape index (κ3) is 3.31. The van der Waals surface area contributed by atoms with E-state index in [1.807, 2.05) is 6.92 Å². The predicted molar refractivity (Wildman–Crippen MR) is 77.8 cm³/mol. The Labute approximate surface area is 120 Å². The van der Waals surface area contributed by atoms with Gasteiger partial charge >= 0.3 is 0 Å². The number of hydrogen-bond donors (Lipinski definition) is 3. The van der Waals surface area contributed by atoms with Gasteiger partial charge in [0.1, 0.15) is 11.4 Å². The number of hydrazine groups is 1. The van der Waals surface area contributed by atoms with Crippen LogP contribution >= 0.6 is 0 Å². The number of pyridine rings is 1. The topological polar surface area (TPSA) is 123 Å². The second-order valence-electron chi connectivity index (χ2n) is 4.31. The van der Waals surface area contributed by atoms with Gasteiger partial charge in [-0.3, -0.25) is 20.8 Å². The van der Waals surface area contributed by atoms with Crippen molar-refractivity contribution < 1.29 is 9.72 Å². The molecule has 0 fully saturated rings. The molecule has 1 heterocycles. The lowest BCUT2D eigenvalue weighted by molar-refractivity contribution is -0.385. The molecule has 108 valence electrons. The van der Waals surface area contributed by atoms with Gasteiger partial charge in [-0.15, -0.1) is 0 Å². The van der Waals surface area contributed by atoms with Crippen molar-refractivity contribution in [2.24, 2.45) is 5.84 Å². The van der Waals surface area contributed by atoms with Crippen molar-refractivity contribution in [1.29, 1.82) is 0 Å². The first-order valence-corrected chi connectivity index (χ1v) is 6.00. The van der Waals surface area contributed by atoms with E-state index in [4.69, 9.17) is 5.84 Å². The van der Waals surface area contributed by atoms with Gasteiger partial charge in [0, 0.05) is 18.0 Å². The number of carbonyl (C=O) groups excluding carboxylic acids is 1. The highest BCUT2D eigenvalue weighted by atomic mass is 16.6. The third-order valence-corrected chi connectivity index (χ3v) is 2.76. The van der Waals surface area contributed by atoms with Gasteiger partial charge in [-0.05, 0) is 36.8 Å². The van der Waals surface area contributed by atoms with Gasteiger partial charge in [0.25, 0.3) is 11.6 Å². The molecule has 8 heteroatoms. The van der Waals surface area contributed by atoms with Crippen LogP contribution in [0.3, 0.4) is 0 Å². The summed E-state index contributed by atoms with van der Waals surface area (Å²) in [5.41, 5.74) is 3.24. The fourth-order valence-electron chi connectivity index (χ4n) is 1.76. The summed E-state index contributed by atoms with van der Waals surface area (Å²) in [4.78, 5) is 26.5. The van der Waals surface area contributed by atoms with E-state index in [0.29, 0.717) is 11.5 Å². The third-order valence-electron chi connectivity index (χ3n) is 2.76. The zero-order chi connectivity index (χ0) is 15.4. The van der Waals surface area contributed by atoms with Crippen molar-refractivity contribution in [2.45, 2.75) is 6.92 Å². The van der Waals surface area contributed by atoms with Crippen molar-refractivity contribution >= 4 is 23.1 Å². The fourth-order valence-corrected chi connectivity index (χ4v) is 1.76. The average Bonchev–Trinajstić information content (AvgIpc) is 2.46. The lowest BCUT2D eigenvalue weighted by Gasteiger charge is -2.07. The zero-order valence-electron chi connectivity index (χ0n) is 11.2. The van der Waals surface area contributed by atoms with E-state index in [1.54, 1.807) is 12.1 Å². The smallest absolute Gasteiger partial charge is 0.282 e. The van der Waals surface area contributed by atoms with Crippen LogP contribution in [-0.4, -0.2) is 15.8 Å².